The number of ether oxygens (including phenoxy) is 2. The van der Waals surface area contributed by atoms with E-state index >= 15 is 0 Å². The summed E-state index contributed by atoms with van der Waals surface area (Å²) in [6, 6.07) is 11.0. The van der Waals surface area contributed by atoms with Gasteiger partial charge in [0.25, 0.3) is 17.5 Å². The number of rotatable bonds is 5. The Morgan fingerprint density at radius 1 is 1.07 bits per heavy atom. The van der Waals surface area contributed by atoms with Crippen molar-refractivity contribution in [1.82, 2.24) is 5.43 Å². The van der Waals surface area contributed by atoms with E-state index in [0.717, 1.165) is 5.01 Å². The molecule has 1 heterocycles. The number of methoxy groups -OCH3 is 2. The van der Waals surface area contributed by atoms with Crippen molar-refractivity contribution in [2.24, 2.45) is 0 Å². The smallest absolute Gasteiger partial charge is 0.282 e. The van der Waals surface area contributed by atoms with Crippen LogP contribution in [0.5, 0.6) is 11.5 Å². The SMILES string of the molecule is COc1cc(C=C2C(=O)NN(c3ccccc3)C2=O)c([N+](=O)[O-])cc1OC. The van der Waals surface area contributed by atoms with Crippen molar-refractivity contribution in [3.05, 3.63) is 63.7 Å². The molecule has 0 aromatic heterocycles. The maximum Gasteiger partial charge on any atom is 0.282 e. The Hall–Kier alpha value is -3.88. The van der Waals surface area contributed by atoms with Crippen LogP contribution >= 0.6 is 0 Å². The molecule has 138 valence electrons. The number of hydrogen-bond acceptors (Lipinski definition) is 6. The van der Waals surface area contributed by atoms with E-state index in [4.69, 9.17) is 9.47 Å². The molecule has 0 atom stereocenters. The largest absolute Gasteiger partial charge is 0.493 e. The molecule has 3 rings (SSSR count). The third kappa shape index (κ3) is 3.30. The van der Waals surface area contributed by atoms with Crippen LogP contribution in [0.1, 0.15) is 5.56 Å². The number of amides is 2. The lowest BCUT2D eigenvalue weighted by Gasteiger charge is -2.13. The Morgan fingerprint density at radius 2 is 1.70 bits per heavy atom. The summed E-state index contributed by atoms with van der Waals surface area (Å²) in [6.07, 6.45) is 1.17. The van der Waals surface area contributed by atoms with Gasteiger partial charge in [-0.05, 0) is 24.3 Å². The summed E-state index contributed by atoms with van der Waals surface area (Å²) in [5, 5.41) is 12.5. The molecule has 0 radical (unpaired) electrons. The molecule has 0 spiro atoms. The van der Waals surface area contributed by atoms with Crippen LogP contribution in [0.15, 0.2) is 48.0 Å². The minimum absolute atomic E-state index is 0.0473. The highest BCUT2D eigenvalue weighted by Gasteiger charge is 2.35. The highest BCUT2D eigenvalue weighted by molar-refractivity contribution is 6.31. The number of para-hydroxylation sites is 1. The van der Waals surface area contributed by atoms with Crippen molar-refractivity contribution >= 4 is 29.3 Å². The molecule has 1 N–H and O–H groups in total. The Labute approximate surface area is 153 Å². The first-order valence-electron chi connectivity index (χ1n) is 7.79. The number of nitro groups is 1. The molecule has 0 saturated carbocycles. The topological polar surface area (TPSA) is 111 Å². The second-order valence-electron chi connectivity index (χ2n) is 5.50. The zero-order chi connectivity index (χ0) is 19.6. The van der Waals surface area contributed by atoms with Crippen LogP contribution in [0.3, 0.4) is 0 Å². The molecule has 1 aliphatic heterocycles. The van der Waals surface area contributed by atoms with Crippen LogP contribution in [0.2, 0.25) is 0 Å². The summed E-state index contributed by atoms with van der Waals surface area (Å²) in [5.41, 5.74) is 2.41. The minimum Gasteiger partial charge on any atom is -0.493 e. The van der Waals surface area contributed by atoms with Crippen molar-refractivity contribution in [2.45, 2.75) is 0 Å². The highest BCUT2D eigenvalue weighted by Crippen LogP contribution is 2.36. The molecule has 2 amide bonds. The zero-order valence-corrected chi connectivity index (χ0v) is 14.5. The monoisotopic (exact) mass is 369 g/mol. The number of hydrazine groups is 1. The van der Waals surface area contributed by atoms with Crippen molar-refractivity contribution < 1.29 is 24.0 Å². The summed E-state index contributed by atoms with van der Waals surface area (Å²) in [5.74, 6) is -0.872. The van der Waals surface area contributed by atoms with E-state index in [1.807, 2.05) is 0 Å². The van der Waals surface area contributed by atoms with Gasteiger partial charge in [0, 0.05) is 0 Å². The average Bonchev–Trinajstić information content (AvgIpc) is 2.96. The van der Waals surface area contributed by atoms with Crippen LogP contribution in [-0.4, -0.2) is 31.0 Å². The Bertz CT molecular complexity index is 955. The molecular formula is C18H15N3O6. The molecule has 1 aliphatic rings. The number of benzene rings is 2. The molecule has 0 bridgehead atoms. The highest BCUT2D eigenvalue weighted by atomic mass is 16.6. The summed E-state index contributed by atoms with van der Waals surface area (Å²) in [4.78, 5) is 35.7. The summed E-state index contributed by atoms with van der Waals surface area (Å²) < 4.78 is 10.2. The van der Waals surface area contributed by atoms with E-state index < -0.39 is 16.7 Å². The van der Waals surface area contributed by atoms with Crippen LogP contribution in [0, 0.1) is 10.1 Å². The molecule has 9 heteroatoms. The number of hydrogen-bond donors (Lipinski definition) is 1. The summed E-state index contributed by atoms with van der Waals surface area (Å²) >= 11 is 0. The van der Waals surface area contributed by atoms with Crippen molar-refractivity contribution in [3.63, 3.8) is 0 Å². The van der Waals surface area contributed by atoms with Gasteiger partial charge in [0.05, 0.1) is 36.5 Å². The van der Waals surface area contributed by atoms with Gasteiger partial charge in [0.15, 0.2) is 11.5 Å². The van der Waals surface area contributed by atoms with E-state index in [0.29, 0.717) is 5.69 Å². The fourth-order valence-corrected chi connectivity index (χ4v) is 2.63. The molecule has 0 unspecified atom stereocenters. The van der Waals surface area contributed by atoms with E-state index in [1.165, 1.54) is 32.4 Å². The van der Waals surface area contributed by atoms with Gasteiger partial charge in [-0.25, -0.2) is 5.01 Å². The molecule has 0 aliphatic carbocycles. The number of carbonyl (C=O) groups excluding carboxylic acids is 2. The maximum atomic E-state index is 12.6. The summed E-state index contributed by atoms with van der Waals surface area (Å²) in [7, 11) is 2.73. The summed E-state index contributed by atoms with van der Waals surface area (Å²) in [6.45, 7) is 0. The molecule has 1 saturated heterocycles. The molecular weight excluding hydrogens is 354 g/mol. The first-order valence-corrected chi connectivity index (χ1v) is 7.79. The van der Waals surface area contributed by atoms with Crippen LogP contribution < -0.4 is 19.9 Å². The Balaban J connectivity index is 2.07. The Morgan fingerprint density at radius 3 is 2.30 bits per heavy atom. The van der Waals surface area contributed by atoms with Crippen LogP contribution in [-0.2, 0) is 9.59 Å². The second kappa shape index (κ2) is 7.16. The maximum absolute atomic E-state index is 12.6. The lowest BCUT2D eigenvalue weighted by Crippen LogP contribution is -2.35. The van der Waals surface area contributed by atoms with E-state index in [1.54, 1.807) is 30.3 Å². The quantitative estimate of drug-likeness (QED) is 0.374. The number of anilines is 1. The van der Waals surface area contributed by atoms with E-state index in [9.17, 15) is 19.7 Å². The van der Waals surface area contributed by atoms with Gasteiger partial charge in [0.1, 0.15) is 5.57 Å². The third-order valence-electron chi connectivity index (χ3n) is 3.94. The minimum atomic E-state index is -0.659. The predicted octanol–water partition coefficient (Wildman–Crippen LogP) is 2.07. The standard InChI is InChI=1S/C18H15N3O6/c1-26-15-9-11(14(21(24)25)10-16(15)27-2)8-13-17(22)19-20(18(13)23)12-6-4-3-5-7-12/h3-10H,1-2H3,(H,19,22). The molecule has 2 aromatic rings. The molecule has 27 heavy (non-hydrogen) atoms. The predicted molar refractivity (Wildman–Crippen MR) is 96.2 cm³/mol. The van der Waals surface area contributed by atoms with Crippen LogP contribution in [0.25, 0.3) is 6.08 Å². The van der Waals surface area contributed by atoms with Crippen molar-refractivity contribution in [1.29, 1.82) is 0 Å². The fourth-order valence-electron chi connectivity index (χ4n) is 2.63. The zero-order valence-electron chi connectivity index (χ0n) is 14.5. The number of nitrogens with one attached hydrogen (secondary N) is 1. The number of carbonyl (C=O) groups is 2. The number of nitrogens with zero attached hydrogens (tertiary/aromatic N) is 2. The van der Waals surface area contributed by atoms with Gasteiger partial charge in [-0.3, -0.25) is 25.1 Å². The van der Waals surface area contributed by atoms with Crippen LogP contribution in [0.4, 0.5) is 11.4 Å². The number of nitro benzene ring substituents is 1. The Kier molecular flexibility index (Phi) is 4.75. The average molecular weight is 369 g/mol. The molecule has 2 aromatic carbocycles. The van der Waals surface area contributed by atoms with Gasteiger partial charge >= 0.3 is 0 Å². The van der Waals surface area contributed by atoms with Gasteiger partial charge < -0.3 is 9.47 Å². The van der Waals surface area contributed by atoms with Gasteiger partial charge in [-0.1, -0.05) is 18.2 Å². The van der Waals surface area contributed by atoms with Crippen molar-refractivity contribution in [3.8, 4) is 11.5 Å². The van der Waals surface area contributed by atoms with Gasteiger partial charge in [-0.2, -0.15) is 0 Å². The van der Waals surface area contributed by atoms with Gasteiger partial charge in [0.2, 0.25) is 0 Å². The normalized spacial score (nSPS) is 15.0. The van der Waals surface area contributed by atoms with E-state index in [2.05, 4.69) is 5.43 Å². The second-order valence-corrected chi connectivity index (χ2v) is 5.50. The fraction of sp³-hybridized carbons (Fsp3) is 0.111. The first-order chi connectivity index (χ1) is 13.0. The van der Waals surface area contributed by atoms with Crippen molar-refractivity contribution in [2.75, 3.05) is 19.2 Å². The molecule has 1 fully saturated rings. The first kappa shape index (κ1) is 17.9. The lowest BCUT2D eigenvalue weighted by atomic mass is 10.1. The van der Waals surface area contributed by atoms with E-state index in [-0.39, 0.29) is 28.3 Å². The molecule has 9 nitrogen and oxygen atoms in total. The van der Waals surface area contributed by atoms with Gasteiger partial charge in [-0.15, -0.1) is 0 Å². The third-order valence-corrected chi connectivity index (χ3v) is 3.94. The lowest BCUT2D eigenvalue weighted by molar-refractivity contribution is -0.385.